The van der Waals surface area contributed by atoms with Gasteiger partial charge in [0.2, 0.25) is 0 Å². The van der Waals surface area contributed by atoms with Crippen LogP contribution in [-0.4, -0.2) is 5.11 Å². The molecule has 0 radical (unpaired) electrons. The number of hydrogen-bond donors (Lipinski definition) is 2. The Morgan fingerprint density at radius 3 is 2.85 bits per heavy atom. The van der Waals surface area contributed by atoms with Crippen LogP contribution in [0.15, 0.2) is 17.8 Å². The standard InChI is InChI=1S/C11H13NO/c1-7-4-8-2-3-10(12)5-9(8)6-11(7)13/h4-6,13H,2-3,12H2,1H3. The monoisotopic (exact) mass is 175 g/mol. The minimum absolute atomic E-state index is 0.352. The van der Waals surface area contributed by atoms with Gasteiger partial charge < -0.3 is 10.8 Å². The molecule has 0 aromatic heterocycles. The van der Waals surface area contributed by atoms with Gasteiger partial charge in [-0.2, -0.15) is 0 Å². The van der Waals surface area contributed by atoms with Gasteiger partial charge in [0.05, 0.1) is 0 Å². The summed E-state index contributed by atoms with van der Waals surface area (Å²) >= 11 is 0. The van der Waals surface area contributed by atoms with Crippen LogP contribution in [0, 0.1) is 6.92 Å². The molecule has 0 unspecified atom stereocenters. The molecule has 2 rings (SSSR count). The summed E-state index contributed by atoms with van der Waals surface area (Å²) in [6.07, 6.45) is 3.86. The third-order valence-corrected chi connectivity index (χ3v) is 2.48. The molecule has 1 aromatic rings. The summed E-state index contributed by atoms with van der Waals surface area (Å²) in [6.45, 7) is 1.91. The molecule has 2 nitrogen and oxygen atoms in total. The quantitative estimate of drug-likeness (QED) is 0.633. The van der Waals surface area contributed by atoms with Crippen molar-refractivity contribution in [1.82, 2.24) is 0 Å². The van der Waals surface area contributed by atoms with E-state index >= 15 is 0 Å². The molecule has 0 saturated heterocycles. The first kappa shape index (κ1) is 8.17. The SMILES string of the molecule is Cc1cc2c(cc1O)C=C(N)CC2. The summed E-state index contributed by atoms with van der Waals surface area (Å²) < 4.78 is 0. The lowest BCUT2D eigenvalue weighted by Gasteiger charge is -2.14. The van der Waals surface area contributed by atoms with Crippen molar-refractivity contribution in [2.24, 2.45) is 5.73 Å². The van der Waals surface area contributed by atoms with Gasteiger partial charge in [-0.3, -0.25) is 0 Å². The maximum Gasteiger partial charge on any atom is 0.119 e. The number of phenolic OH excluding ortho intramolecular Hbond substituents is 1. The number of allylic oxidation sites excluding steroid dienone is 1. The molecular formula is C11H13NO. The van der Waals surface area contributed by atoms with Crippen molar-refractivity contribution >= 4 is 6.08 Å². The largest absolute Gasteiger partial charge is 0.508 e. The number of phenols is 1. The lowest BCUT2D eigenvalue weighted by Crippen LogP contribution is -2.05. The van der Waals surface area contributed by atoms with Crippen molar-refractivity contribution in [1.29, 1.82) is 0 Å². The fourth-order valence-electron chi connectivity index (χ4n) is 1.67. The molecule has 13 heavy (non-hydrogen) atoms. The van der Waals surface area contributed by atoms with Crippen molar-refractivity contribution in [2.75, 3.05) is 0 Å². The van der Waals surface area contributed by atoms with Gasteiger partial charge in [0.1, 0.15) is 5.75 Å². The highest BCUT2D eigenvalue weighted by atomic mass is 16.3. The van der Waals surface area contributed by atoms with E-state index in [1.807, 2.05) is 19.1 Å². The maximum absolute atomic E-state index is 9.49. The summed E-state index contributed by atoms with van der Waals surface area (Å²) in [5.41, 5.74) is 9.90. The van der Waals surface area contributed by atoms with E-state index in [1.54, 1.807) is 6.07 Å². The van der Waals surface area contributed by atoms with Crippen LogP contribution >= 0.6 is 0 Å². The second-order valence-corrected chi connectivity index (χ2v) is 3.56. The van der Waals surface area contributed by atoms with Crippen molar-refractivity contribution < 1.29 is 5.11 Å². The maximum atomic E-state index is 9.49. The lowest BCUT2D eigenvalue weighted by atomic mass is 9.93. The molecule has 0 amide bonds. The molecule has 0 fully saturated rings. The molecule has 3 N–H and O–H groups in total. The van der Waals surface area contributed by atoms with Crippen molar-refractivity contribution in [2.45, 2.75) is 19.8 Å². The van der Waals surface area contributed by atoms with Gasteiger partial charge in [-0.05, 0) is 48.6 Å². The Morgan fingerprint density at radius 2 is 2.08 bits per heavy atom. The Hall–Kier alpha value is -1.44. The second kappa shape index (κ2) is 2.80. The zero-order valence-corrected chi connectivity index (χ0v) is 7.67. The summed E-state index contributed by atoms with van der Waals surface area (Å²) in [5.74, 6) is 0.352. The third kappa shape index (κ3) is 1.39. The van der Waals surface area contributed by atoms with Gasteiger partial charge in [0.25, 0.3) is 0 Å². The Labute approximate surface area is 77.7 Å². The van der Waals surface area contributed by atoms with E-state index in [1.165, 1.54) is 5.56 Å². The predicted molar refractivity (Wildman–Crippen MR) is 53.3 cm³/mol. The molecule has 2 heteroatoms. The first-order valence-electron chi connectivity index (χ1n) is 4.45. The number of nitrogens with two attached hydrogens (primary N) is 1. The van der Waals surface area contributed by atoms with Gasteiger partial charge in [-0.15, -0.1) is 0 Å². The van der Waals surface area contributed by atoms with E-state index < -0.39 is 0 Å². The van der Waals surface area contributed by atoms with Crippen LogP contribution in [-0.2, 0) is 6.42 Å². The highest BCUT2D eigenvalue weighted by Gasteiger charge is 2.10. The predicted octanol–water partition coefficient (Wildman–Crippen LogP) is 1.95. The Morgan fingerprint density at radius 1 is 1.31 bits per heavy atom. The summed E-state index contributed by atoms with van der Waals surface area (Å²) in [7, 11) is 0. The van der Waals surface area contributed by atoms with Gasteiger partial charge in [-0.25, -0.2) is 0 Å². The molecule has 68 valence electrons. The van der Waals surface area contributed by atoms with Crippen molar-refractivity contribution in [3.63, 3.8) is 0 Å². The normalized spacial score (nSPS) is 15.0. The molecule has 1 aliphatic rings. The van der Waals surface area contributed by atoms with Gasteiger partial charge >= 0.3 is 0 Å². The second-order valence-electron chi connectivity index (χ2n) is 3.56. The van der Waals surface area contributed by atoms with Crippen LogP contribution in [0.2, 0.25) is 0 Å². The van der Waals surface area contributed by atoms with Crippen LogP contribution in [0.1, 0.15) is 23.1 Å². The van der Waals surface area contributed by atoms with Crippen molar-refractivity contribution in [3.05, 3.63) is 34.5 Å². The lowest BCUT2D eigenvalue weighted by molar-refractivity contribution is 0.470. The minimum atomic E-state index is 0.352. The van der Waals surface area contributed by atoms with E-state index in [-0.39, 0.29) is 0 Å². The Bertz CT molecular complexity index is 380. The highest BCUT2D eigenvalue weighted by molar-refractivity contribution is 5.62. The average Bonchev–Trinajstić information content (AvgIpc) is 2.08. The molecule has 0 atom stereocenters. The summed E-state index contributed by atoms with van der Waals surface area (Å²) in [4.78, 5) is 0. The third-order valence-electron chi connectivity index (χ3n) is 2.48. The average molecular weight is 175 g/mol. The summed E-state index contributed by atoms with van der Waals surface area (Å²) in [6, 6.07) is 3.82. The van der Waals surface area contributed by atoms with Crippen LogP contribution < -0.4 is 5.73 Å². The number of benzene rings is 1. The van der Waals surface area contributed by atoms with Crippen LogP contribution in [0.5, 0.6) is 5.75 Å². The molecule has 1 aromatic carbocycles. The molecule has 0 aliphatic heterocycles. The molecular weight excluding hydrogens is 162 g/mol. The number of rotatable bonds is 0. The van der Waals surface area contributed by atoms with E-state index in [2.05, 4.69) is 0 Å². The zero-order chi connectivity index (χ0) is 9.42. The topological polar surface area (TPSA) is 46.2 Å². The number of aryl methyl sites for hydroxylation is 2. The Balaban J connectivity index is 2.57. The number of aromatic hydroxyl groups is 1. The fraction of sp³-hybridized carbons (Fsp3) is 0.273. The smallest absolute Gasteiger partial charge is 0.119 e. The van der Waals surface area contributed by atoms with Gasteiger partial charge in [0.15, 0.2) is 0 Å². The molecule has 0 spiro atoms. The molecule has 0 heterocycles. The first-order chi connectivity index (χ1) is 6.16. The number of hydrogen-bond acceptors (Lipinski definition) is 2. The molecule has 1 aliphatic carbocycles. The van der Waals surface area contributed by atoms with Crippen molar-refractivity contribution in [3.8, 4) is 5.75 Å². The van der Waals surface area contributed by atoms with Crippen LogP contribution in [0.4, 0.5) is 0 Å². The fourth-order valence-corrected chi connectivity index (χ4v) is 1.67. The van der Waals surface area contributed by atoms with Crippen LogP contribution in [0.25, 0.3) is 6.08 Å². The van der Waals surface area contributed by atoms with E-state index in [9.17, 15) is 5.11 Å². The number of fused-ring (bicyclic) bond motifs is 1. The molecule has 0 bridgehead atoms. The van der Waals surface area contributed by atoms with E-state index in [4.69, 9.17) is 5.73 Å². The van der Waals surface area contributed by atoms with E-state index in [0.29, 0.717) is 5.75 Å². The van der Waals surface area contributed by atoms with E-state index in [0.717, 1.165) is 29.7 Å². The van der Waals surface area contributed by atoms with Gasteiger partial charge in [0, 0.05) is 5.70 Å². The highest BCUT2D eigenvalue weighted by Crippen LogP contribution is 2.27. The van der Waals surface area contributed by atoms with Crippen LogP contribution in [0.3, 0.4) is 0 Å². The minimum Gasteiger partial charge on any atom is -0.508 e. The van der Waals surface area contributed by atoms with Gasteiger partial charge in [-0.1, -0.05) is 6.07 Å². The molecule has 0 saturated carbocycles. The summed E-state index contributed by atoms with van der Waals surface area (Å²) in [5, 5.41) is 9.49. The first-order valence-corrected chi connectivity index (χ1v) is 4.45. The Kier molecular flexibility index (Phi) is 1.76. The zero-order valence-electron chi connectivity index (χ0n) is 7.67.